The van der Waals surface area contributed by atoms with Crippen LogP contribution in [0.1, 0.15) is 65.0 Å². The van der Waals surface area contributed by atoms with Gasteiger partial charge in [0.15, 0.2) is 0 Å². The van der Waals surface area contributed by atoms with Gasteiger partial charge in [0.1, 0.15) is 23.3 Å². The molecule has 0 saturated carbocycles. The number of carbonyl (C=O) groups excluding carboxylic acids is 1. The van der Waals surface area contributed by atoms with Crippen LogP contribution >= 0.6 is 11.6 Å². The van der Waals surface area contributed by atoms with E-state index in [9.17, 15) is 9.18 Å². The van der Waals surface area contributed by atoms with Crippen molar-refractivity contribution in [2.75, 3.05) is 0 Å². The fraction of sp³-hybridized carbons (Fsp3) is 0.500. The Morgan fingerprint density at radius 3 is 2.24 bits per heavy atom. The van der Waals surface area contributed by atoms with Crippen LogP contribution in [0.3, 0.4) is 0 Å². The Morgan fingerprint density at radius 1 is 1.09 bits per heavy atom. The van der Waals surface area contributed by atoms with Crippen LogP contribution in [0, 0.1) is 17.0 Å². The zero-order chi connectivity index (χ0) is 24.8. The van der Waals surface area contributed by atoms with E-state index < -0.39 is 46.7 Å². The fourth-order valence-corrected chi connectivity index (χ4v) is 4.85. The predicted molar refractivity (Wildman–Crippen MR) is 127 cm³/mol. The summed E-state index contributed by atoms with van der Waals surface area (Å²) in [6.45, 7) is 11.5. The van der Waals surface area contributed by atoms with Crippen LogP contribution < -0.4 is 11.1 Å². The number of hydrogen-bond acceptors (Lipinski definition) is 4. The molecule has 1 aliphatic rings. The zero-order valence-electron chi connectivity index (χ0n) is 20.0. The lowest BCUT2D eigenvalue weighted by Crippen LogP contribution is -2.52. The lowest BCUT2D eigenvalue weighted by molar-refractivity contribution is -0.157. The van der Waals surface area contributed by atoms with Gasteiger partial charge in [0.05, 0.1) is 10.6 Å². The van der Waals surface area contributed by atoms with Crippen LogP contribution in [0.4, 0.5) is 8.78 Å². The first-order valence-corrected chi connectivity index (χ1v) is 11.5. The average molecular weight is 479 g/mol. The minimum absolute atomic E-state index is 0.0591. The summed E-state index contributed by atoms with van der Waals surface area (Å²) in [4.78, 5) is 13.4. The van der Waals surface area contributed by atoms with Crippen molar-refractivity contribution in [2.24, 2.45) is 11.1 Å². The van der Waals surface area contributed by atoms with E-state index >= 15 is 4.39 Å². The number of ether oxygens (including phenoxy) is 1. The number of nitrogens with one attached hydrogen (secondary N) is 1. The van der Waals surface area contributed by atoms with Gasteiger partial charge in [0.2, 0.25) is 0 Å². The molecule has 2 aromatic rings. The molecule has 0 radical (unpaired) electrons. The molecule has 0 aromatic heterocycles. The molecule has 7 heteroatoms. The van der Waals surface area contributed by atoms with Gasteiger partial charge in [0, 0.05) is 12.0 Å². The van der Waals surface area contributed by atoms with E-state index in [1.54, 1.807) is 45.0 Å². The Labute approximate surface area is 199 Å². The highest BCUT2D eigenvalue weighted by molar-refractivity contribution is 6.30. The normalized spacial score (nSPS) is 25.8. The second-order valence-electron chi connectivity index (χ2n) is 11.1. The summed E-state index contributed by atoms with van der Waals surface area (Å²) >= 11 is 6.13. The number of esters is 1. The Hall–Kier alpha value is -2.02. The summed E-state index contributed by atoms with van der Waals surface area (Å²) in [5.74, 6) is -2.41. The molecule has 0 aliphatic carbocycles. The van der Waals surface area contributed by atoms with Crippen LogP contribution in [-0.2, 0) is 15.1 Å². The third-order valence-corrected chi connectivity index (χ3v) is 6.24. The molecular formula is C26H33ClF2N2O2. The summed E-state index contributed by atoms with van der Waals surface area (Å²) in [7, 11) is 0. The molecule has 0 bridgehead atoms. The van der Waals surface area contributed by atoms with E-state index in [0.29, 0.717) is 12.0 Å². The Bertz CT molecular complexity index is 1010. The van der Waals surface area contributed by atoms with Gasteiger partial charge in [-0.15, -0.1) is 0 Å². The molecule has 0 amide bonds. The van der Waals surface area contributed by atoms with Crippen molar-refractivity contribution < 1.29 is 18.3 Å². The van der Waals surface area contributed by atoms with Crippen molar-refractivity contribution >= 4 is 17.6 Å². The van der Waals surface area contributed by atoms with Crippen molar-refractivity contribution in [1.82, 2.24) is 5.32 Å². The van der Waals surface area contributed by atoms with Gasteiger partial charge in [-0.3, -0.25) is 10.1 Å². The predicted octanol–water partition coefficient (Wildman–Crippen LogP) is 5.67. The number of rotatable bonds is 4. The molecule has 4 atom stereocenters. The number of benzene rings is 2. The van der Waals surface area contributed by atoms with Gasteiger partial charge < -0.3 is 10.5 Å². The molecule has 3 N–H and O–H groups in total. The van der Waals surface area contributed by atoms with Crippen LogP contribution in [0.15, 0.2) is 42.5 Å². The van der Waals surface area contributed by atoms with Gasteiger partial charge in [-0.05, 0) is 61.9 Å². The molecule has 4 unspecified atom stereocenters. The van der Waals surface area contributed by atoms with Gasteiger partial charge in [0.25, 0.3) is 0 Å². The van der Waals surface area contributed by atoms with Crippen LogP contribution in [0.5, 0.6) is 0 Å². The van der Waals surface area contributed by atoms with Crippen molar-refractivity contribution in [3.63, 3.8) is 0 Å². The number of halogens is 3. The minimum atomic E-state index is -1.24. The molecule has 180 valence electrons. The summed E-state index contributed by atoms with van der Waals surface area (Å²) in [6, 6.07) is 9.16. The maximum atomic E-state index is 15.4. The average Bonchev–Trinajstić information content (AvgIpc) is 2.95. The molecule has 1 fully saturated rings. The molecule has 1 aliphatic heterocycles. The molecule has 4 nitrogen and oxygen atoms in total. The Morgan fingerprint density at radius 2 is 1.70 bits per heavy atom. The third kappa shape index (κ3) is 5.39. The highest BCUT2D eigenvalue weighted by Gasteiger charge is 2.58. The second-order valence-corrected chi connectivity index (χ2v) is 11.5. The van der Waals surface area contributed by atoms with Crippen molar-refractivity contribution in [3.05, 3.63) is 70.2 Å². The Balaban J connectivity index is 2.25. The molecule has 33 heavy (non-hydrogen) atoms. The second kappa shape index (κ2) is 8.97. The first-order valence-electron chi connectivity index (χ1n) is 11.1. The van der Waals surface area contributed by atoms with Crippen molar-refractivity contribution in [3.8, 4) is 0 Å². The largest absolute Gasteiger partial charge is 0.459 e. The van der Waals surface area contributed by atoms with Crippen molar-refractivity contribution in [1.29, 1.82) is 0 Å². The Kier molecular flexibility index (Phi) is 6.96. The summed E-state index contributed by atoms with van der Waals surface area (Å²) < 4.78 is 34.9. The highest BCUT2D eigenvalue weighted by atomic mass is 35.5. The first kappa shape index (κ1) is 25.6. The van der Waals surface area contributed by atoms with E-state index in [1.807, 2.05) is 0 Å². The first-order chi connectivity index (χ1) is 15.1. The molecular weight excluding hydrogens is 446 g/mol. The molecule has 0 spiro atoms. The maximum Gasteiger partial charge on any atom is 0.324 e. The van der Waals surface area contributed by atoms with Gasteiger partial charge in [-0.1, -0.05) is 56.6 Å². The summed E-state index contributed by atoms with van der Waals surface area (Å²) in [5, 5.41) is 3.31. The molecule has 2 aromatic carbocycles. The van der Waals surface area contributed by atoms with Crippen LogP contribution in [0.25, 0.3) is 0 Å². The smallest absolute Gasteiger partial charge is 0.324 e. The number of hydrogen-bond donors (Lipinski definition) is 2. The monoisotopic (exact) mass is 478 g/mol. The molecule has 1 saturated heterocycles. The van der Waals surface area contributed by atoms with Gasteiger partial charge in [-0.2, -0.15) is 0 Å². The summed E-state index contributed by atoms with van der Waals surface area (Å²) in [6.07, 6.45) is 0.582. The van der Waals surface area contributed by atoms with E-state index in [0.717, 1.165) is 0 Å². The number of carbonyl (C=O) groups is 1. The fourth-order valence-electron chi connectivity index (χ4n) is 4.67. The lowest BCUT2D eigenvalue weighted by atomic mass is 9.68. The van der Waals surface area contributed by atoms with Crippen molar-refractivity contribution in [2.45, 2.75) is 77.1 Å². The zero-order valence-corrected chi connectivity index (χ0v) is 20.8. The SMILES string of the molecule is CC(C)(C)CC1NC(C(=O)OC(C)(C)C)C(c2cccc(Cl)c2F)C1(N)c1ccc(F)cc1. The minimum Gasteiger partial charge on any atom is -0.459 e. The van der Waals surface area contributed by atoms with Gasteiger partial charge in [-0.25, -0.2) is 8.78 Å². The lowest BCUT2D eigenvalue weighted by Gasteiger charge is -2.39. The summed E-state index contributed by atoms with van der Waals surface area (Å²) in [5.41, 5.74) is 5.83. The topological polar surface area (TPSA) is 64.3 Å². The van der Waals surface area contributed by atoms with Gasteiger partial charge >= 0.3 is 5.97 Å². The maximum absolute atomic E-state index is 15.4. The van der Waals surface area contributed by atoms with E-state index in [4.69, 9.17) is 22.1 Å². The quantitative estimate of drug-likeness (QED) is 0.555. The van der Waals surface area contributed by atoms with Crippen LogP contribution in [-0.4, -0.2) is 23.7 Å². The molecule has 1 heterocycles. The molecule has 3 rings (SSSR count). The number of nitrogens with two attached hydrogens (primary N) is 1. The van der Waals surface area contributed by atoms with E-state index in [-0.39, 0.29) is 16.0 Å². The van der Waals surface area contributed by atoms with E-state index in [2.05, 4.69) is 26.1 Å². The highest BCUT2D eigenvalue weighted by Crippen LogP contribution is 2.49. The standard InChI is InChI=1S/C26H33ClF2N2O2/c1-24(2,3)14-19-26(30,15-10-12-16(28)13-11-15)20(17-8-7-9-18(27)21(17)29)22(31-19)23(32)33-25(4,5)6/h7-13,19-20,22,31H,14,30H2,1-6H3. The van der Waals surface area contributed by atoms with Crippen LogP contribution in [0.2, 0.25) is 5.02 Å². The third-order valence-electron chi connectivity index (χ3n) is 5.94. The van der Waals surface area contributed by atoms with E-state index in [1.165, 1.54) is 18.2 Å².